The molecule has 160 valence electrons. The topological polar surface area (TPSA) is 78.5 Å². The minimum absolute atomic E-state index is 0.0203. The maximum absolute atomic E-state index is 12.8. The van der Waals surface area contributed by atoms with Crippen LogP contribution in [0.3, 0.4) is 0 Å². The zero-order valence-electron chi connectivity index (χ0n) is 18.3. The minimum Gasteiger partial charge on any atom is -0.354 e. The monoisotopic (exact) mass is 401 g/mol. The van der Waals surface area contributed by atoms with Crippen molar-refractivity contribution in [2.45, 2.75) is 53.5 Å². The van der Waals surface area contributed by atoms with Gasteiger partial charge in [0.2, 0.25) is 11.8 Å². The summed E-state index contributed by atoms with van der Waals surface area (Å²) in [5, 5.41) is 5.89. The largest absolute Gasteiger partial charge is 0.354 e. The minimum atomic E-state index is -0.555. The predicted octanol–water partition coefficient (Wildman–Crippen LogP) is 2.76. The number of carbonyl (C=O) groups excluding carboxylic acids is 3. The van der Waals surface area contributed by atoms with E-state index in [1.54, 1.807) is 0 Å². The maximum atomic E-state index is 12.8. The van der Waals surface area contributed by atoms with Crippen molar-refractivity contribution < 1.29 is 14.4 Å². The molecule has 1 atom stereocenters. The fourth-order valence-electron chi connectivity index (χ4n) is 3.45. The fraction of sp³-hybridized carbons (Fsp3) is 0.609. The summed E-state index contributed by atoms with van der Waals surface area (Å²) in [5.41, 5.74) is 1.81. The van der Waals surface area contributed by atoms with Gasteiger partial charge in [-0.3, -0.25) is 14.4 Å². The summed E-state index contributed by atoms with van der Waals surface area (Å²) >= 11 is 0. The van der Waals surface area contributed by atoms with E-state index >= 15 is 0 Å². The fourth-order valence-corrected chi connectivity index (χ4v) is 3.45. The third-order valence-electron chi connectivity index (χ3n) is 5.39. The highest BCUT2D eigenvalue weighted by atomic mass is 16.2. The number of carbonyl (C=O) groups is 3. The molecule has 2 N–H and O–H groups in total. The van der Waals surface area contributed by atoms with Gasteiger partial charge in [-0.1, -0.05) is 45.4 Å². The van der Waals surface area contributed by atoms with Gasteiger partial charge in [-0.15, -0.1) is 0 Å². The summed E-state index contributed by atoms with van der Waals surface area (Å²) in [6.45, 7) is 11.5. The van der Waals surface area contributed by atoms with Crippen LogP contribution in [0.1, 0.15) is 56.5 Å². The highest BCUT2D eigenvalue weighted by molar-refractivity contribution is 5.94. The molecule has 0 saturated carbocycles. The van der Waals surface area contributed by atoms with Gasteiger partial charge in [0.1, 0.15) is 6.04 Å². The Kier molecular flexibility index (Phi) is 8.23. The van der Waals surface area contributed by atoms with Crippen LogP contribution in [-0.4, -0.2) is 48.3 Å². The lowest BCUT2D eigenvalue weighted by atomic mass is 9.88. The number of benzene rings is 1. The predicted molar refractivity (Wildman–Crippen MR) is 114 cm³/mol. The van der Waals surface area contributed by atoms with Crippen LogP contribution in [-0.2, 0) is 9.59 Å². The lowest BCUT2D eigenvalue weighted by Crippen LogP contribution is -2.54. The lowest BCUT2D eigenvalue weighted by Gasteiger charge is -2.36. The van der Waals surface area contributed by atoms with Gasteiger partial charge in [-0.2, -0.15) is 0 Å². The van der Waals surface area contributed by atoms with Gasteiger partial charge in [0.05, 0.1) is 0 Å². The Hall–Kier alpha value is -2.37. The van der Waals surface area contributed by atoms with E-state index in [9.17, 15) is 14.4 Å². The Balaban J connectivity index is 2.02. The van der Waals surface area contributed by atoms with Gasteiger partial charge < -0.3 is 15.5 Å². The number of piperidine rings is 1. The second-order valence-corrected chi connectivity index (χ2v) is 8.78. The number of likely N-dealkylation sites (tertiary alicyclic amines) is 1. The summed E-state index contributed by atoms with van der Waals surface area (Å²) in [6.07, 6.45) is 1.38. The van der Waals surface area contributed by atoms with Gasteiger partial charge in [0.25, 0.3) is 5.91 Å². The first-order valence-corrected chi connectivity index (χ1v) is 10.6. The van der Waals surface area contributed by atoms with E-state index < -0.39 is 6.04 Å². The van der Waals surface area contributed by atoms with E-state index in [1.165, 1.54) is 0 Å². The summed E-state index contributed by atoms with van der Waals surface area (Å²) in [4.78, 5) is 39.6. The molecule has 1 aliphatic rings. The SMILES string of the molecule is Cc1ccc(C(=O)N2CCC([C@H](NC(=O)C(C)C)C(=O)NCC(C)C)CC2)cc1. The van der Waals surface area contributed by atoms with Crippen LogP contribution in [0, 0.1) is 24.7 Å². The average Bonchev–Trinajstić information content (AvgIpc) is 2.70. The molecule has 0 bridgehead atoms. The lowest BCUT2D eigenvalue weighted by molar-refractivity contribution is -0.132. The summed E-state index contributed by atoms with van der Waals surface area (Å²) < 4.78 is 0. The molecule has 0 radical (unpaired) electrons. The Morgan fingerprint density at radius 3 is 2.10 bits per heavy atom. The standard InChI is InChI=1S/C23H35N3O3/c1-15(2)14-24-22(28)20(25-21(27)16(3)4)18-10-12-26(13-11-18)23(29)19-8-6-17(5)7-9-19/h6-9,15-16,18,20H,10-14H2,1-5H3,(H,24,28)(H,25,27)/t20-/m0/s1. The molecule has 6 heteroatoms. The van der Waals surface area contributed by atoms with Crippen molar-refractivity contribution in [1.82, 2.24) is 15.5 Å². The Morgan fingerprint density at radius 2 is 1.59 bits per heavy atom. The first-order valence-electron chi connectivity index (χ1n) is 10.6. The summed E-state index contributed by atoms with van der Waals surface area (Å²) in [7, 11) is 0. The van der Waals surface area contributed by atoms with Crippen LogP contribution >= 0.6 is 0 Å². The molecule has 1 aromatic rings. The molecule has 0 unspecified atom stereocenters. The molecule has 0 aliphatic carbocycles. The third-order valence-corrected chi connectivity index (χ3v) is 5.39. The Morgan fingerprint density at radius 1 is 1.00 bits per heavy atom. The Bertz CT molecular complexity index is 705. The number of amides is 3. The molecule has 1 saturated heterocycles. The number of aryl methyl sites for hydroxylation is 1. The first-order chi connectivity index (χ1) is 13.7. The van der Waals surface area contributed by atoms with Gasteiger partial charge >= 0.3 is 0 Å². The number of hydrogen-bond donors (Lipinski definition) is 2. The molecular weight excluding hydrogens is 366 g/mol. The van der Waals surface area contributed by atoms with Crippen LogP contribution in [0.5, 0.6) is 0 Å². The zero-order chi connectivity index (χ0) is 21.6. The Labute approximate surface area is 174 Å². The number of rotatable bonds is 7. The van der Waals surface area contributed by atoms with Crippen molar-refractivity contribution in [1.29, 1.82) is 0 Å². The van der Waals surface area contributed by atoms with Gasteiger partial charge in [0, 0.05) is 31.1 Å². The van der Waals surface area contributed by atoms with E-state index in [0.29, 0.717) is 44.0 Å². The first kappa shape index (κ1) is 22.9. The zero-order valence-corrected chi connectivity index (χ0v) is 18.3. The van der Waals surface area contributed by atoms with Crippen LogP contribution < -0.4 is 10.6 Å². The van der Waals surface area contributed by atoms with Crippen molar-refractivity contribution in [3.63, 3.8) is 0 Å². The molecule has 2 rings (SSSR count). The normalized spacial score (nSPS) is 16.0. The second kappa shape index (κ2) is 10.4. The highest BCUT2D eigenvalue weighted by Gasteiger charge is 2.34. The second-order valence-electron chi connectivity index (χ2n) is 8.78. The molecule has 1 heterocycles. The molecular formula is C23H35N3O3. The van der Waals surface area contributed by atoms with Crippen molar-refractivity contribution >= 4 is 17.7 Å². The molecule has 1 aliphatic heterocycles. The molecule has 29 heavy (non-hydrogen) atoms. The van der Waals surface area contributed by atoms with E-state index in [2.05, 4.69) is 10.6 Å². The van der Waals surface area contributed by atoms with Gasteiger partial charge in [0.15, 0.2) is 0 Å². The van der Waals surface area contributed by atoms with Crippen molar-refractivity contribution in [3.8, 4) is 0 Å². The van der Waals surface area contributed by atoms with Crippen molar-refractivity contribution in [2.75, 3.05) is 19.6 Å². The van der Waals surface area contributed by atoms with Crippen LogP contribution in [0.4, 0.5) is 0 Å². The molecule has 6 nitrogen and oxygen atoms in total. The molecule has 0 aromatic heterocycles. The number of nitrogens with zero attached hydrogens (tertiary/aromatic N) is 1. The van der Waals surface area contributed by atoms with E-state index in [0.717, 1.165) is 5.56 Å². The van der Waals surface area contributed by atoms with E-state index in [1.807, 2.05) is 63.8 Å². The summed E-state index contributed by atoms with van der Waals surface area (Å²) in [6, 6.07) is 7.04. The van der Waals surface area contributed by atoms with Gasteiger partial charge in [-0.25, -0.2) is 0 Å². The highest BCUT2D eigenvalue weighted by Crippen LogP contribution is 2.23. The van der Waals surface area contributed by atoms with Crippen LogP contribution in [0.15, 0.2) is 24.3 Å². The molecule has 3 amide bonds. The van der Waals surface area contributed by atoms with Gasteiger partial charge in [-0.05, 0) is 43.7 Å². The smallest absolute Gasteiger partial charge is 0.253 e. The van der Waals surface area contributed by atoms with Crippen LogP contribution in [0.25, 0.3) is 0 Å². The average molecular weight is 402 g/mol. The van der Waals surface area contributed by atoms with Crippen molar-refractivity contribution in [3.05, 3.63) is 35.4 Å². The molecule has 1 aromatic carbocycles. The molecule has 1 fully saturated rings. The summed E-state index contributed by atoms with van der Waals surface area (Å²) in [5.74, 6) is -0.0424. The molecule has 0 spiro atoms. The van der Waals surface area contributed by atoms with E-state index in [4.69, 9.17) is 0 Å². The van der Waals surface area contributed by atoms with E-state index in [-0.39, 0.29) is 29.6 Å². The third kappa shape index (κ3) is 6.58. The van der Waals surface area contributed by atoms with Crippen LogP contribution in [0.2, 0.25) is 0 Å². The quantitative estimate of drug-likeness (QED) is 0.737. The number of nitrogens with one attached hydrogen (secondary N) is 2. The van der Waals surface area contributed by atoms with Crippen molar-refractivity contribution in [2.24, 2.45) is 17.8 Å². The number of hydrogen-bond acceptors (Lipinski definition) is 3. The maximum Gasteiger partial charge on any atom is 0.253 e.